The smallest absolute Gasteiger partial charge is 0.227 e. The molecule has 2 heterocycles. The van der Waals surface area contributed by atoms with Crippen LogP contribution in [-0.4, -0.2) is 50.1 Å². The Morgan fingerprint density at radius 3 is 2.29 bits per heavy atom. The summed E-state index contributed by atoms with van der Waals surface area (Å²) in [6.07, 6.45) is 0. The van der Waals surface area contributed by atoms with Crippen LogP contribution in [0.5, 0.6) is 0 Å². The zero-order valence-electron chi connectivity index (χ0n) is 8.92. The molecule has 80 valence electrons. The van der Waals surface area contributed by atoms with Crippen molar-refractivity contribution >= 4 is 5.91 Å². The lowest BCUT2D eigenvalue weighted by molar-refractivity contribution is -0.137. The fourth-order valence-electron chi connectivity index (χ4n) is 2.13. The summed E-state index contributed by atoms with van der Waals surface area (Å²) >= 11 is 0. The maximum Gasteiger partial charge on any atom is 0.227 e. The van der Waals surface area contributed by atoms with Gasteiger partial charge < -0.3 is 15.5 Å². The summed E-state index contributed by atoms with van der Waals surface area (Å²) in [6, 6.07) is 0.426. The van der Waals surface area contributed by atoms with Crippen LogP contribution in [-0.2, 0) is 4.79 Å². The maximum atomic E-state index is 12.0. The molecule has 2 atom stereocenters. The van der Waals surface area contributed by atoms with Crippen molar-refractivity contribution < 1.29 is 4.79 Å². The molecule has 0 spiro atoms. The Morgan fingerprint density at radius 1 is 1.21 bits per heavy atom. The highest BCUT2D eigenvalue weighted by Crippen LogP contribution is 2.19. The van der Waals surface area contributed by atoms with Crippen molar-refractivity contribution in [3.05, 3.63) is 0 Å². The highest BCUT2D eigenvalue weighted by atomic mass is 16.2. The van der Waals surface area contributed by atoms with E-state index in [0.717, 1.165) is 26.2 Å². The van der Waals surface area contributed by atoms with E-state index in [9.17, 15) is 4.79 Å². The molecule has 4 heteroatoms. The summed E-state index contributed by atoms with van der Waals surface area (Å²) in [5.74, 6) is 0.993. The summed E-state index contributed by atoms with van der Waals surface area (Å²) in [7, 11) is 1.93. The van der Waals surface area contributed by atoms with Crippen molar-refractivity contribution in [3.63, 3.8) is 0 Å². The topological polar surface area (TPSA) is 44.4 Å². The molecule has 4 nitrogen and oxygen atoms in total. The Kier molecular flexibility index (Phi) is 2.74. The second-order valence-corrected chi connectivity index (χ2v) is 4.50. The summed E-state index contributed by atoms with van der Waals surface area (Å²) < 4.78 is 0. The molecular formula is C10H19N3O. The largest absolute Gasteiger partial charge is 0.340 e. The maximum absolute atomic E-state index is 12.0. The van der Waals surface area contributed by atoms with Crippen molar-refractivity contribution in [3.8, 4) is 0 Å². The van der Waals surface area contributed by atoms with E-state index in [-0.39, 0.29) is 5.92 Å². The number of amides is 1. The van der Waals surface area contributed by atoms with E-state index in [4.69, 9.17) is 0 Å². The van der Waals surface area contributed by atoms with Gasteiger partial charge in [0.05, 0.1) is 12.0 Å². The van der Waals surface area contributed by atoms with Crippen LogP contribution in [0.1, 0.15) is 6.92 Å². The molecule has 2 N–H and O–H groups in total. The van der Waals surface area contributed by atoms with Gasteiger partial charge in [-0.2, -0.15) is 0 Å². The molecule has 14 heavy (non-hydrogen) atoms. The molecule has 2 rings (SSSR count). The lowest BCUT2D eigenvalue weighted by Crippen LogP contribution is -2.58. The van der Waals surface area contributed by atoms with Gasteiger partial charge in [-0.1, -0.05) is 6.92 Å². The fourth-order valence-corrected chi connectivity index (χ4v) is 2.13. The molecule has 2 aliphatic heterocycles. The molecule has 0 radical (unpaired) electrons. The summed E-state index contributed by atoms with van der Waals surface area (Å²) in [4.78, 5) is 14.0. The van der Waals surface area contributed by atoms with E-state index >= 15 is 0 Å². The highest BCUT2D eigenvalue weighted by molar-refractivity contribution is 5.80. The Morgan fingerprint density at radius 2 is 1.86 bits per heavy atom. The summed E-state index contributed by atoms with van der Waals surface area (Å²) in [5.41, 5.74) is 0. The minimum Gasteiger partial charge on any atom is -0.340 e. The van der Waals surface area contributed by atoms with Gasteiger partial charge in [0.25, 0.3) is 0 Å². The Labute approximate surface area is 85.0 Å². The molecule has 2 fully saturated rings. The monoisotopic (exact) mass is 197 g/mol. The van der Waals surface area contributed by atoms with Gasteiger partial charge in [0.1, 0.15) is 0 Å². The van der Waals surface area contributed by atoms with Gasteiger partial charge in [0.2, 0.25) is 5.91 Å². The molecule has 2 unspecified atom stereocenters. The van der Waals surface area contributed by atoms with Gasteiger partial charge in [0.15, 0.2) is 0 Å². The molecule has 2 saturated heterocycles. The minimum atomic E-state index is 0.195. The zero-order valence-corrected chi connectivity index (χ0v) is 8.92. The first-order chi connectivity index (χ1) is 6.70. The van der Waals surface area contributed by atoms with Crippen LogP contribution >= 0.6 is 0 Å². The van der Waals surface area contributed by atoms with E-state index < -0.39 is 0 Å². The van der Waals surface area contributed by atoms with Crippen LogP contribution in [0.25, 0.3) is 0 Å². The molecule has 1 amide bonds. The number of hydrogen-bond donors (Lipinski definition) is 2. The van der Waals surface area contributed by atoms with Crippen LogP contribution in [0.3, 0.4) is 0 Å². The lowest BCUT2D eigenvalue weighted by atomic mass is 9.95. The third-order valence-electron chi connectivity index (χ3n) is 3.49. The van der Waals surface area contributed by atoms with Crippen molar-refractivity contribution in [2.45, 2.75) is 13.0 Å². The number of nitrogens with one attached hydrogen (secondary N) is 2. The molecule has 0 bridgehead atoms. The van der Waals surface area contributed by atoms with Crippen LogP contribution in [0.2, 0.25) is 0 Å². The van der Waals surface area contributed by atoms with Crippen LogP contribution in [0, 0.1) is 11.8 Å². The van der Waals surface area contributed by atoms with E-state index in [1.165, 1.54) is 0 Å². The number of rotatable bonds is 2. The molecule has 0 aliphatic carbocycles. The third kappa shape index (κ3) is 1.64. The fraction of sp³-hybridized carbons (Fsp3) is 0.900. The van der Waals surface area contributed by atoms with Gasteiger partial charge in [0, 0.05) is 26.7 Å². The first kappa shape index (κ1) is 9.93. The first-order valence-corrected chi connectivity index (χ1v) is 5.38. The van der Waals surface area contributed by atoms with Crippen LogP contribution in [0.4, 0.5) is 0 Å². The number of likely N-dealkylation sites (N-methyl/N-ethyl adjacent to an activating group) is 1. The van der Waals surface area contributed by atoms with Gasteiger partial charge in [-0.25, -0.2) is 0 Å². The average Bonchev–Trinajstić information content (AvgIpc) is 2.47. The SMILES string of the molecule is CC1CNCC1C(=O)N(C)C1CNC1. The van der Waals surface area contributed by atoms with E-state index in [1.54, 1.807) is 0 Å². The van der Waals surface area contributed by atoms with E-state index in [1.807, 2.05) is 11.9 Å². The predicted molar refractivity (Wildman–Crippen MR) is 55.0 cm³/mol. The Balaban J connectivity index is 1.92. The van der Waals surface area contributed by atoms with Gasteiger partial charge >= 0.3 is 0 Å². The molecule has 0 aromatic carbocycles. The van der Waals surface area contributed by atoms with Crippen molar-refractivity contribution in [1.29, 1.82) is 0 Å². The average molecular weight is 197 g/mol. The Hall–Kier alpha value is -0.610. The number of hydrogen-bond acceptors (Lipinski definition) is 3. The number of carbonyl (C=O) groups is 1. The van der Waals surface area contributed by atoms with E-state index in [0.29, 0.717) is 17.9 Å². The minimum absolute atomic E-state index is 0.195. The first-order valence-electron chi connectivity index (χ1n) is 5.38. The molecule has 2 aliphatic rings. The second-order valence-electron chi connectivity index (χ2n) is 4.50. The van der Waals surface area contributed by atoms with Crippen molar-refractivity contribution in [2.24, 2.45) is 11.8 Å². The van der Waals surface area contributed by atoms with Crippen LogP contribution < -0.4 is 10.6 Å². The molecule has 0 saturated carbocycles. The molecule has 0 aromatic rings. The standard InChI is InChI=1S/C10H19N3O/c1-7-3-11-6-9(7)10(14)13(2)8-4-12-5-8/h7-9,11-12H,3-6H2,1-2H3. The normalized spacial score (nSPS) is 32.7. The zero-order chi connectivity index (χ0) is 10.1. The van der Waals surface area contributed by atoms with Crippen molar-refractivity contribution in [1.82, 2.24) is 15.5 Å². The second kappa shape index (κ2) is 3.87. The lowest BCUT2D eigenvalue weighted by Gasteiger charge is -2.37. The van der Waals surface area contributed by atoms with Crippen LogP contribution in [0.15, 0.2) is 0 Å². The predicted octanol–water partition coefficient (Wildman–Crippen LogP) is -0.728. The van der Waals surface area contributed by atoms with E-state index in [2.05, 4.69) is 17.6 Å². The number of nitrogens with zero attached hydrogens (tertiary/aromatic N) is 1. The van der Waals surface area contributed by atoms with Gasteiger partial charge in [-0.3, -0.25) is 4.79 Å². The van der Waals surface area contributed by atoms with Gasteiger partial charge in [-0.05, 0) is 12.5 Å². The molecular weight excluding hydrogens is 178 g/mol. The Bertz CT molecular complexity index is 227. The summed E-state index contributed by atoms with van der Waals surface area (Å²) in [6.45, 7) is 5.89. The summed E-state index contributed by atoms with van der Waals surface area (Å²) in [5, 5.41) is 6.46. The van der Waals surface area contributed by atoms with Crippen molar-refractivity contribution in [2.75, 3.05) is 33.2 Å². The third-order valence-corrected chi connectivity index (χ3v) is 3.49. The quantitative estimate of drug-likeness (QED) is 0.613. The highest BCUT2D eigenvalue weighted by Gasteiger charge is 2.35. The molecule has 0 aromatic heterocycles. The number of carbonyl (C=O) groups excluding carboxylic acids is 1. The van der Waals surface area contributed by atoms with Gasteiger partial charge in [-0.15, -0.1) is 0 Å².